The lowest BCUT2D eigenvalue weighted by Gasteiger charge is -2.29. The second kappa shape index (κ2) is 8.39. The molecule has 0 N–H and O–H groups in total. The van der Waals surface area contributed by atoms with Crippen molar-refractivity contribution in [3.8, 4) is 5.75 Å². The van der Waals surface area contributed by atoms with Gasteiger partial charge in [-0.25, -0.2) is 4.39 Å². The molecule has 0 atom stereocenters. The maximum Gasteiger partial charge on any atom is 0.258 e. The lowest BCUT2D eigenvalue weighted by molar-refractivity contribution is 0.0980. The fourth-order valence-electron chi connectivity index (χ4n) is 3.23. The molecule has 2 aromatic carbocycles. The number of halogens is 1. The first kappa shape index (κ1) is 19.2. The molecule has 1 heterocycles. The monoisotopic (exact) mass is 372 g/mol. The van der Waals surface area contributed by atoms with Crippen molar-refractivity contribution in [1.29, 1.82) is 0 Å². The van der Waals surface area contributed by atoms with Gasteiger partial charge in [0.1, 0.15) is 0 Å². The van der Waals surface area contributed by atoms with Crippen LogP contribution in [-0.2, 0) is 4.74 Å². The van der Waals surface area contributed by atoms with E-state index in [4.69, 9.17) is 9.47 Å². The molecule has 0 radical (unpaired) electrons. The number of hydrogen-bond donors (Lipinski definition) is 0. The molecule has 1 amide bonds. The summed E-state index contributed by atoms with van der Waals surface area (Å²) in [4.78, 5) is 16.9. The van der Waals surface area contributed by atoms with E-state index in [1.807, 2.05) is 38.1 Å². The highest BCUT2D eigenvalue weighted by Crippen LogP contribution is 2.27. The smallest absolute Gasteiger partial charge is 0.258 e. The Morgan fingerprint density at radius 2 is 1.81 bits per heavy atom. The van der Waals surface area contributed by atoms with Crippen LogP contribution in [0.4, 0.5) is 15.8 Å². The number of hydrogen-bond acceptors (Lipinski definition) is 4. The Morgan fingerprint density at radius 3 is 2.37 bits per heavy atom. The van der Waals surface area contributed by atoms with Crippen molar-refractivity contribution in [1.82, 2.24) is 0 Å². The predicted octanol–water partition coefficient (Wildman–Crippen LogP) is 3.73. The van der Waals surface area contributed by atoms with Crippen LogP contribution in [0.25, 0.3) is 0 Å². The standard InChI is InChI=1S/C21H25FN2O3/c1-15(2)24(18-8-9-20(26-3)19(22)14-18)21(25)16-4-6-17(7-5-16)23-10-12-27-13-11-23/h4-9,14-15H,10-13H2,1-3H3. The number of nitrogens with zero attached hydrogens (tertiary/aromatic N) is 2. The van der Waals surface area contributed by atoms with E-state index in [0.29, 0.717) is 24.5 Å². The van der Waals surface area contributed by atoms with E-state index in [9.17, 15) is 9.18 Å². The van der Waals surface area contributed by atoms with E-state index in [1.165, 1.54) is 19.2 Å². The van der Waals surface area contributed by atoms with Crippen molar-refractivity contribution in [2.24, 2.45) is 0 Å². The van der Waals surface area contributed by atoms with Crippen molar-refractivity contribution in [2.75, 3.05) is 43.2 Å². The Labute approximate surface area is 159 Å². The fourth-order valence-corrected chi connectivity index (χ4v) is 3.23. The molecule has 1 saturated heterocycles. The number of ether oxygens (including phenoxy) is 2. The van der Waals surface area contributed by atoms with Gasteiger partial charge in [-0.3, -0.25) is 4.79 Å². The summed E-state index contributed by atoms with van der Waals surface area (Å²) in [5.41, 5.74) is 2.14. The van der Waals surface area contributed by atoms with Gasteiger partial charge in [-0.2, -0.15) is 0 Å². The molecule has 5 nitrogen and oxygen atoms in total. The predicted molar refractivity (Wildman–Crippen MR) is 104 cm³/mol. The minimum absolute atomic E-state index is 0.121. The van der Waals surface area contributed by atoms with Gasteiger partial charge in [0, 0.05) is 42.1 Å². The van der Waals surface area contributed by atoms with Gasteiger partial charge in [-0.15, -0.1) is 0 Å². The molecular formula is C21H25FN2O3. The third kappa shape index (κ3) is 4.22. The summed E-state index contributed by atoms with van der Waals surface area (Å²) in [6, 6.07) is 12.0. The van der Waals surface area contributed by atoms with Gasteiger partial charge in [0.15, 0.2) is 11.6 Å². The van der Waals surface area contributed by atoms with Gasteiger partial charge in [0.05, 0.1) is 20.3 Å². The first-order chi connectivity index (χ1) is 13.0. The molecular weight excluding hydrogens is 347 g/mol. The van der Waals surface area contributed by atoms with Crippen molar-refractivity contribution < 1.29 is 18.7 Å². The molecule has 144 valence electrons. The third-order valence-electron chi connectivity index (χ3n) is 4.64. The van der Waals surface area contributed by atoms with Crippen molar-refractivity contribution in [3.63, 3.8) is 0 Å². The first-order valence-corrected chi connectivity index (χ1v) is 9.11. The molecule has 2 aromatic rings. The maximum absolute atomic E-state index is 14.1. The van der Waals surface area contributed by atoms with Gasteiger partial charge in [-0.1, -0.05) is 0 Å². The summed E-state index contributed by atoms with van der Waals surface area (Å²) < 4.78 is 24.5. The molecule has 0 aromatic heterocycles. The highest BCUT2D eigenvalue weighted by atomic mass is 19.1. The molecule has 3 rings (SSSR count). The zero-order valence-electron chi connectivity index (χ0n) is 15.9. The normalized spacial score (nSPS) is 14.3. The van der Waals surface area contributed by atoms with E-state index >= 15 is 0 Å². The van der Waals surface area contributed by atoms with E-state index in [-0.39, 0.29) is 17.7 Å². The second-order valence-corrected chi connectivity index (χ2v) is 6.73. The van der Waals surface area contributed by atoms with Crippen LogP contribution in [0.5, 0.6) is 5.75 Å². The Balaban J connectivity index is 1.83. The van der Waals surface area contributed by atoms with E-state index in [0.717, 1.165) is 18.8 Å². The first-order valence-electron chi connectivity index (χ1n) is 9.11. The van der Waals surface area contributed by atoms with Crippen LogP contribution in [-0.4, -0.2) is 45.4 Å². The molecule has 0 bridgehead atoms. The number of amides is 1. The van der Waals surface area contributed by atoms with Crippen LogP contribution < -0.4 is 14.5 Å². The Kier molecular flexibility index (Phi) is 5.96. The van der Waals surface area contributed by atoms with Crippen LogP contribution in [0.2, 0.25) is 0 Å². The molecule has 0 saturated carbocycles. The summed E-state index contributed by atoms with van der Waals surface area (Å²) in [5.74, 6) is -0.496. The SMILES string of the molecule is COc1ccc(N(C(=O)c2ccc(N3CCOCC3)cc2)C(C)C)cc1F. The molecule has 0 spiro atoms. The summed E-state index contributed by atoms with van der Waals surface area (Å²) >= 11 is 0. The Morgan fingerprint density at radius 1 is 1.15 bits per heavy atom. The van der Waals surface area contributed by atoms with E-state index < -0.39 is 5.82 Å². The van der Waals surface area contributed by atoms with Crippen molar-refractivity contribution in [3.05, 3.63) is 53.8 Å². The number of morpholine rings is 1. The number of methoxy groups -OCH3 is 1. The maximum atomic E-state index is 14.1. The summed E-state index contributed by atoms with van der Waals surface area (Å²) in [5, 5.41) is 0. The summed E-state index contributed by atoms with van der Waals surface area (Å²) in [6.07, 6.45) is 0. The zero-order chi connectivity index (χ0) is 19.4. The second-order valence-electron chi connectivity index (χ2n) is 6.73. The van der Waals surface area contributed by atoms with Gasteiger partial charge in [0.25, 0.3) is 5.91 Å². The lowest BCUT2D eigenvalue weighted by atomic mass is 10.1. The zero-order valence-corrected chi connectivity index (χ0v) is 15.9. The number of carbonyl (C=O) groups is 1. The number of carbonyl (C=O) groups excluding carboxylic acids is 1. The number of anilines is 2. The number of rotatable bonds is 5. The Bertz CT molecular complexity index is 787. The summed E-state index contributed by atoms with van der Waals surface area (Å²) in [6.45, 7) is 6.92. The van der Waals surface area contributed by atoms with Crippen LogP contribution in [0.1, 0.15) is 24.2 Å². The highest BCUT2D eigenvalue weighted by Gasteiger charge is 2.22. The van der Waals surface area contributed by atoms with Gasteiger partial charge in [-0.05, 0) is 50.2 Å². The highest BCUT2D eigenvalue weighted by molar-refractivity contribution is 6.06. The fraction of sp³-hybridized carbons (Fsp3) is 0.381. The quantitative estimate of drug-likeness (QED) is 0.802. The van der Waals surface area contributed by atoms with Crippen molar-refractivity contribution >= 4 is 17.3 Å². The minimum Gasteiger partial charge on any atom is -0.494 e. The average molecular weight is 372 g/mol. The van der Waals surface area contributed by atoms with Crippen LogP contribution >= 0.6 is 0 Å². The van der Waals surface area contributed by atoms with Gasteiger partial charge in [0.2, 0.25) is 0 Å². The largest absolute Gasteiger partial charge is 0.494 e. The van der Waals surface area contributed by atoms with E-state index in [2.05, 4.69) is 4.90 Å². The Hall–Kier alpha value is -2.60. The summed E-state index contributed by atoms with van der Waals surface area (Å²) in [7, 11) is 1.42. The average Bonchev–Trinajstić information content (AvgIpc) is 2.69. The van der Waals surface area contributed by atoms with Crippen LogP contribution in [0.3, 0.4) is 0 Å². The van der Waals surface area contributed by atoms with Crippen molar-refractivity contribution in [2.45, 2.75) is 19.9 Å². The molecule has 0 unspecified atom stereocenters. The lowest BCUT2D eigenvalue weighted by Crippen LogP contribution is -2.37. The third-order valence-corrected chi connectivity index (χ3v) is 4.64. The molecule has 0 aliphatic carbocycles. The molecule has 27 heavy (non-hydrogen) atoms. The molecule has 6 heteroatoms. The van der Waals surface area contributed by atoms with Crippen LogP contribution in [0.15, 0.2) is 42.5 Å². The van der Waals surface area contributed by atoms with Gasteiger partial charge >= 0.3 is 0 Å². The molecule has 1 aliphatic rings. The van der Waals surface area contributed by atoms with Gasteiger partial charge < -0.3 is 19.3 Å². The van der Waals surface area contributed by atoms with E-state index in [1.54, 1.807) is 11.0 Å². The minimum atomic E-state index is -0.490. The van der Waals surface area contributed by atoms with Crippen LogP contribution in [0, 0.1) is 5.82 Å². The number of benzene rings is 2. The molecule has 1 fully saturated rings. The molecule has 1 aliphatic heterocycles. The topological polar surface area (TPSA) is 42.0 Å².